The Labute approximate surface area is 145 Å². The lowest BCUT2D eigenvalue weighted by atomic mass is 9.94. The molecular weight excluding hydrogens is 322 g/mol. The molecule has 2 N–H and O–H groups in total. The van der Waals surface area contributed by atoms with Crippen LogP contribution in [0, 0.1) is 0 Å². The molecule has 5 heteroatoms. The zero-order valence-electron chi connectivity index (χ0n) is 13.4. The van der Waals surface area contributed by atoms with Gasteiger partial charge in [0.1, 0.15) is 0 Å². The van der Waals surface area contributed by atoms with E-state index in [9.17, 15) is 4.79 Å². The molecule has 124 valence electrons. The summed E-state index contributed by atoms with van der Waals surface area (Å²) in [4.78, 5) is 13.8. The first-order valence-corrected chi connectivity index (χ1v) is 8.74. The van der Waals surface area contributed by atoms with E-state index in [2.05, 4.69) is 39.4 Å². The molecule has 0 bridgehead atoms. The maximum atomic E-state index is 11.4. The highest BCUT2D eigenvalue weighted by atomic mass is 35.5. The molecule has 1 fully saturated rings. The Morgan fingerprint density at radius 3 is 2.75 bits per heavy atom. The molecular formula is C19H20ClN3O. The van der Waals surface area contributed by atoms with E-state index in [1.54, 1.807) is 6.07 Å². The molecule has 1 saturated heterocycles. The topological polar surface area (TPSA) is 51.9 Å². The minimum Gasteiger partial charge on any atom is -0.302 e. The molecule has 1 aromatic heterocycles. The standard InChI is InChI=1S/C19H20ClN3O/c20-17-8-7-13(15-5-1-2-6-16(15)17)11-23-9-3-4-14(12-23)18-10-19(24)22-21-18/h1-2,5-8,10,14H,3-4,9,11-12H2,(H2,21,22,24). The van der Waals surface area contributed by atoms with Gasteiger partial charge in [-0.15, -0.1) is 0 Å². The predicted octanol–water partition coefficient (Wildman–Crippen LogP) is 3.89. The lowest BCUT2D eigenvalue weighted by Crippen LogP contribution is -2.34. The smallest absolute Gasteiger partial charge is 0.264 e. The second-order valence-corrected chi connectivity index (χ2v) is 6.95. The number of fused-ring (bicyclic) bond motifs is 1. The highest BCUT2D eigenvalue weighted by molar-refractivity contribution is 6.35. The van der Waals surface area contributed by atoms with Crippen LogP contribution in [0.3, 0.4) is 0 Å². The zero-order chi connectivity index (χ0) is 16.5. The molecule has 1 aliphatic rings. The summed E-state index contributed by atoms with van der Waals surface area (Å²) >= 11 is 6.33. The van der Waals surface area contributed by atoms with Crippen LogP contribution in [0.15, 0.2) is 47.3 Å². The number of hydrogen-bond donors (Lipinski definition) is 2. The van der Waals surface area contributed by atoms with Crippen molar-refractivity contribution < 1.29 is 0 Å². The van der Waals surface area contributed by atoms with Gasteiger partial charge in [-0.25, -0.2) is 0 Å². The third-order valence-corrected chi connectivity index (χ3v) is 5.25. The van der Waals surface area contributed by atoms with Gasteiger partial charge in [0.25, 0.3) is 5.56 Å². The van der Waals surface area contributed by atoms with Crippen LogP contribution in [0.25, 0.3) is 10.8 Å². The number of halogens is 1. The molecule has 24 heavy (non-hydrogen) atoms. The number of nitrogens with zero attached hydrogens (tertiary/aromatic N) is 1. The number of hydrogen-bond acceptors (Lipinski definition) is 2. The fraction of sp³-hybridized carbons (Fsp3) is 0.316. The van der Waals surface area contributed by atoms with E-state index < -0.39 is 0 Å². The van der Waals surface area contributed by atoms with Gasteiger partial charge in [-0.3, -0.25) is 14.8 Å². The minimum atomic E-state index is -0.0502. The average molecular weight is 342 g/mol. The van der Waals surface area contributed by atoms with Gasteiger partial charge in [0, 0.05) is 41.2 Å². The largest absolute Gasteiger partial charge is 0.302 e. The molecule has 2 aromatic carbocycles. The molecule has 4 nitrogen and oxygen atoms in total. The van der Waals surface area contributed by atoms with E-state index in [4.69, 9.17) is 11.6 Å². The molecule has 2 heterocycles. The molecule has 0 saturated carbocycles. The molecule has 0 amide bonds. The van der Waals surface area contributed by atoms with Gasteiger partial charge >= 0.3 is 0 Å². The number of aromatic nitrogens is 2. The molecule has 1 aliphatic heterocycles. The van der Waals surface area contributed by atoms with Gasteiger partial charge in [0.15, 0.2) is 0 Å². The number of nitrogens with one attached hydrogen (secondary N) is 2. The van der Waals surface area contributed by atoms with E-state index in [0.29, 0.717) is 5.92 Å². The van der Waals surface area contributed by atoms with Crippen LogP contribution in [0.5, 0.6) is 0 Å². The number of likely N-dealkylation sites (tertiary alicyclic amines) is 1. The summed E-state index contributed by atoms with van der Waals surface area (Å²) in [5.74, 6) is 0.385. The second-order valence-electron chi connectivity index (χ2n) is 6.54. The summed E-state index contributed by atoms with van der Waals surface area (Å²) in [6, 6.07) is 14.1. The number of benzene rings is 2. The molecule has 0 spiro atoms. The van der Waals surface area contributed by atoms with Crippen molar-refractivity contribution in [1.29, 1.82) is 0 Å². The average Bonchev–Trinajstić information content (AvgIpc) is 3.05. The molecule has 0 aliphatic carbocycles. The first-order valence-electron chi connectivity index (χ1n) is 8.37. The lowest BCUT2D eigenvalue weighted by Gasteiger charge is -2.32. The fourth-order valence-electron chi connectivity index (χ4n) is 3.72. The minimum absolute atomic E-state index is 0.0502. The Bertz CT molecular complexity index is 914. The van der Waals surface area contributed by atoms with E-state index in [1.807, 2.05) is 12.1 Å². The highest BCUT2D eigenvalue weighted by Crippen LogP contribution is 2.30. The molecule has 3 aromatic rings. The van der Waals surface area contributed by atoms with E-state index in [0.717, 1.165) is 48.6 Å². The first kappa shape index (κ1) is 15.5. The van der Waals surface area contributed by atoms with Crippen molar-refractivity contribution in [2.45, 2.75) is 25.3 Å². The molecule has 0 radical (unpaired) electrons. The lowest BCUT2D eigenvalue weighted by molar-refractivity contribution is 0.199. The number of piperidine rings is 1. The van der Waals surface area contributed by atoms with Crippen molar-refractivity contribution in [3.63, 3.8) is 0 Å². The SMILES string of the molecule is O=c1cc(C2CCCN(Cc3ccc(Cl)c4ccccc34)C2)[nH][nH]1. The van der Waals surface area contributed by atoms with Crippen molar-refractivity contribution in [3.05, 3.63) is 69.1 Å². The Hall–Kier alpha value is -2.04. The molecule has 1 atom stereocenters. The third kappa shape index (κ3) is 2.99. The van der Waals surface area contributed by atoms with E-state index >= 15 is 0 Å². The Morgan fingerprint density at radius 2 is 1.96 bits per heavy atom. The van der Waals surface area contributed by atoms with Crippen LogP contribution in [-0.2, 0) is 6.54 Å². The maximum Gasteiger partial charge on any atom is 0.264 e. The number of rotatable bonds is 3. The Morgan fingerprint density at radius 1 is 1.12 bits per heavy atom. The van der Waals surface area contributed by atoms with Crippen molar-refractivity contribution in [2.24, 2.45) is 0 Å². The summed E-state index contributed by atoms with van der Waals surface area (Å²) in [7, 11) is 0. The summed E-state index contributed by atoms with van der Waals surface area (Å²) in [6.45, 7) is 2.95. The highest BCUT2D eigenvalue weighted by Gasteiger charge is 2.23. The van der Waals surface area contributed by atoms with Crippen LogP contribution < -0.4 is 5.56 Å². The van der Waals surface area contributed by atoms with Crippen molar-refractivity contribution in [2.75, 3.05) is 13.1 Å². The Kier molecular flexibility index (Phi) is 4.17. The van der Waals surface area contributed by atoms with Gasteiger partial charge in [-0.05, 0) is 36.4 Å². The van der Waals surface area contributed by atoms with Gasteiger partial charge in [-0.2, -0.15) is 0 Å². The maximum absolute atomic E-state index is 11.4. The van der Waals surface area contributed by atoms with Gasteiger partial charge in [0.05, 0.1) is 0 Å². The van der Waals surface area contributed by atoms with Gasteiger partial charge < -0.3 is 5.10 Å². The van der Waals surface area contributed by atoms with Crippen LogP contribution in [-0.4, -0.2) is 28.2 Å². The van der Waals surface area contributed by atoms with Gasteiger partial charge in [0.2, 0.25) is 0 Å². The summed E-state index contributed by atoms with van der Waals surface area (Å²) in [6.07, 6.45) is 2.26. The summed E-state index contributed by atoms with van der Waals surface area (Å²) in [5.41, 5.74) is 2.27. The van der Waals surface area contributed by atoms with Gasteiger partial charge in [-0.1, -0.05) is 41.9 Å². The van der Waals surface area contributed by atoms with Crippen LogP contribution >= 0.6 is 11.6 Å². The molecule has 4 rings (SSSR count). The van der Waals surface area contributed by atoms with E-state index in [1.165, 1.54) is 10.9 Å². The number of H-pyrrole nitrogens is 2. The Balaban J connectivity index is 1.57. The first-order chi connectivity index (χ1) is 11.7. The predicted molar refractivity (Wildman–Crippen MR) is 97.6 cm³/mol. The van der Waals surface area contributed by atoms with E-state index in [-0.39, 0.29) is 5.56 Å². The summed E-state index contributed by atoms with van der Waals surface area (Å²) in [5, 5.41) is 8.80. The van der Waals surface area contributed by atoms with Crippen molar-refractivity contribution in [3.8, 4) is 0 Å². The monoisotopic (exact) mass is 341 g/mol. The van der Waals surface area contributed by atoms with Crippen molar-refractivity contribution >= 4 is 22.4 Å². The van der Waals surface area contributed by atoms with Crippen LogP contribution in [0.1, 0.15) is 30.0 Å². The van der Waals surface area contributed by atoms with Crippen LogP contribution in [0.4, 0.5) is 0 Å². The summed E-state index contributed by atoms with van der Waals surface area (Å²) < 4.78 is 0. The number of aromatic amines is 2. The van der Waals surface area contributed by atoms with Crippen LogP contribution in [0.2, 0.25) is 5.02 Å². The third-order valence-electron chi connectivity index (χ3n) is 4.92. The van der Waals surface area contributed by atoms with Crippen molar-refractivity contribution in [1.82, 2.24) is 15.1 Å². The normalized spacial score (nSPS) is 19.0. The quantitative estimate of drug-likeness (QED) is 0.759. The zero-order valence-corrected chi connectivity index (χ0v) is 14.1. The molecule has 1 unspecified atom stereocenters. The fourth-order valence-corrected chi connectivity index (χ4v) is 3.95. The second kappa shape index (κ2) is 6.46.